The van der Waals surface area contributed by atoms with E-state index in [0.29, 0.717) is 0 Å². The number of nitrogens with one attached hydrogen (secondary N) is 4. The summed E-state index contributed by atoms with van der Waals surface area (Å²) in [5.74, 6) is 0. The third-order valence-electron chi connectivity index (χ3n) is 7.36. The summed E-state index contributed by atoms with van der Waals surface area (Å²) in [4.78, 5) is 25.6. The Morgan fingerprint density at radius 2 is 0.810 bits per heavy atom. The van der Waals surface area contributed by atoms with Gasteiger partial charge in [-0.25, -0.2) is 9.59 Å². The molecule has 0 aromatic heterocycles. The summed E-state index contributed by atoms with van der Waals surface area (Å²) in [5.41, 5.74) is 6.90. The van der Waals surface area contributed by atoms with Crippen LogP contribution in [0, 0.1) is 13.8 Å². The molecule has 0 bridgehead atoms. The largest absolute Gasteiger partial charge is 0.323 e. The Labute approximate surface area is 244 Å². The monoisotopic (exact) mass is 550 g/mol. The van der Waals surface area contributed by atoms with E-state index in [2.05, 4.69) is 21.3 Å². The smallest absolute Gasteiger partial charge is 0.307 e. The predicted molar refractivity (Wildman–Crippen MR) is 175 cm³/mol. The molecule has 0 spiro atoms. The molecule has 206 valence electrons. The number of fused-ring (bicyclic) bond motifs is 2. The number of carbonyl (C=O) groups excluding carboxylic acids is 2. The molecule has 0 saturated carbocycles. The minimum atomic E-state index is -0.296. The number of hydrogen-bond donors (Lipinski definition) is 4. The van der Waals surface area contributed by atoms with E-state index in [0.717, 1.165) is 66.5 Å². The van der Waals surface area contributed by atoms with Gasteiger partial charge in [-0.05, 0) is 83.3 Å². The van der Waals surface area contributed by atoms with Gasteiger partial charge in [0.05, 0.1) is 11.4 Å². The lowest BCUT2D eigenvalue weighted by atomic mass is 10.00. The van der Waals surface area contributed by atoms with E-state index in [1.54, 1.807) is 0 Å². The highest BCUT2D eigenvalue weighted by Crippen LogP contribution is 2.29. The Bertz CT molecular complexity index is 1810. The molecular formula is C36H30N4O2. The van der Waals surface area contributed by atoms with Gasteiger partial charge in [-0.1, -0.05) is 84.9 Å². The summed E-state index contributed by atoms with van der Waals surface area (Å²) in [6, 6.07) is 38.9. The number of anilines is 4. The van der Waals surface area contributed by atoms with Crippen molar-refractivity contribution in [3.63, 3.8) is 0 Å². The van der Waals surface area contributed by atoms with Crippen molar-refractivity contribution >= 4 is 56.4 Å². The fraction of sp³-hybridized carbons (Fsp3) is 0.0556. The quantitative estimate of drug-likeness (QED) is 0.172. The lowest BCUT2D eigenvalue weighted by molar-refractivity contribution is 0.261. The van der Waals surface area contributed by atoms with E-state index in [1.165, 1.54) is 0 Å². The van der Waals surface area contributed by atoms with Crippen molar-refractivity contribution in [2.75, 3.05) is 21.3 Å². The molecule has 42 heavy (non-hydrogen) atoms. The molecule has 0 aliphatic rings. The zero-order valence-electron chi connectivity index (χ0n) is 23.4. The van der Waals surface area contributed by atoms with Crippen molar-refractivity contribution in [1.82, 2.24) is 0 Å². The van der Waals surface area contributed by atoms with Gasteiger partial charge in [0.1, 0.15) is 0 Å². The second-order valence-electron chi connectivity index (χ2n) is 10.3. The van der Waals surface area contributed by atoms with Crippen LogP contribution < -0.4 is 21.3 Å². The molecule has 0 atom stereocenters. The SMILES string of the molecule is Cc1cc(-c2ccc(NC(=O)Nc3cccc4ccccc34)c(C)c2)ccc1NC(=O)Nc1cccc2ccccc12. The van der Waals surface area contributed by atoms with Gasteiger partial charge >= 0.3 is 12.1 Å². The third-order valence-corrected chi connectivity index (χ3v) is 7.36. The second-order valence-corrected chi connectivity index (χ2v) is 10.3. The van der Waals surface area contributed by atoms with E-state index in [1.807, 2.05) is 135 Å². The van der Waals surface area contributed by atoms with Crippen molar-refractivity contribution in [2.45, 2.75) is 13.8 Å². The highest BCUT2D eigenvalue weighted by molar-refractivity contribution is 6.07. The molecule has 6 heteroatoms. The first-order chi connectivity index (χ1) is 20.4. The maximum atomic E-state index is 12.8. The summed E-state index contributed by atoms with van der Waals surface area (Å²) in [6.07, 6.45) is 0. The molecule has 6 rings (SSSR count). The number of benzene rings is 6. The average molecular weight is 551 g/mol. The Kier molecular flexibility index (Phi) is 7.26. The number of urea groups is 2. The van der Waals surface area contributed by atoms with Crippen LogP contribution in [0.2, 0.25) is 0 Å². The molecule has 6 aromatic rings. The maximum absolute atomic E-state index is 12.8. The van der Waals surface area contributed by atoms with Crippen LogP contribution in [-0.2, 0) is 0 Å². The van der Waals surface area contributed by atoms with Gasteiger partial charge in [-0.3, -0.25) is 0 Å². The summed E-state index contributed by atoms with van der Waals surface area (Å²) in [6.45, 7) is 3.94. The number of carbonyl (C=O) groups is 2. The zero-order valence-corrected chi connectivity index (χ0v) is 23.4. The fourth-order valence-electron chi connectivity index (χ4n) is 5.19. The Hall–Kier alpha value is -5.62. The van der Waals surface area contributed by atoms with Crippen molar-refractivity contribution in [3.05, 3.63) is 132 Å². The van der Waals surface area contributed by atoms with E-state index in [9.17, 15) is 9.59 Å². The minimum Gasteiger partial charge on any atom is -0.307 e. The number of amides is 4. The van der Waals surface area contributed by atoms with Gasteiger partial charge in [-0.15, -0.1) is 0 Å². The topological polar surface area (TPSA) is 82.3 Å². The summed E-state index contributed by atoms with van der Waals surface area (Å²) >= 11 is 0. The van der Waals surface area contributed by atoms with Crippen LogP contribution in [-0.4, -0.2) is 12.1 Å². The van der Waals surface area contributed by atoms with Crippen LogP contribution >= 0.6 is 0 Å². The molecule has 0 aliphatic heterocycles. The molecule has 6 aromatic carbocycles. The van der Waals surface area contributed by atoms with Crippen LogP contribution in [0.5, 0.6) is 0 Å². The molecule has 0 aliphatic carbocycles. The van der Waals surface area contributed by atoms with Gasteiger partial charge in [0, 0.05) is 22.1 Å². The van der Waals surface area contributed by atoms with Gasteiger partial charge < -0.3 is 21.3 Å². The zero-order chi connectivity index (χ0) is 29.1. The van der Waals surface area contributed by atoms with Crippen LogP contribution in [0.4, 0.5) is 32.3 Å². The second kappa shape index (κ2) is 11.5. The van der Waals surface area contributed by atoms with Gasteiger partial charge in [0.2, 0.25) is 0 Å². The number of rotatable bonds is 5. The van der Waals surface area contributed by atoms with Gasteiger partial charge in [0.15, 0.2) is 0 Å². The Morgan fingerprint density at radius 1 is 0.429 bits per heavy atom. The minimum absolute atomic E-state index is 0.296. The van der Waals surface area contributed by atoms with Gasteiger partial charge in [0.25, 0.3) is 0 Å². The Morgan fingerprint density at radius 3 is 1.24 bits per heavy atom. The van der Waals surface area contributed by atoms with Crippen molar-refractivity contribution in [2.24, 2.45) is 0 Å². The molecule has 0 unspecified atom stereocenters. The normalized spacial score (nSPS) is 10.8. The summed E-state index contributed by atoms with van der Waals surface area (Å²) in [7, 11) is 0. The molecular weight excluding hydrogens is 520 g/mol. The molecule has 0 heterocycles. The number of hydrogen-bond acceptors (Lipinski definition) is 2. The van der Waals surface area contributed by atoms with Crippen molar-refractivity contribution in [3.8, 4) is 11.1 Å². The Balaban J connectivity index is 1.12. The van der Waals surface area contributed by atoms with E-state index in [-0.39, 0.29) is 12.1 Å². The molecule has 6 nitrogen and oxygen atoms in total. The van der Waals surface area contributed by atoms with Crippen LogP contribution in [0.1, 0.15) is 11.1 Å². The van der Waals surface area contributed by atoms with E-state index < -0.39 is 0 Å². The third kappa shape index (κ3) is 5.64. The summed E-state index contributed by atoms with van der Waals surface area (Å²) < 4.78 is 0. The molecule has 0 radical (unpaired) electrons. The van der Waals surface area contributed by atoms with Crippen molar-refractivity contribution in [1.29, 1.82) is 0 Å². The first kappa shape index (κ1) is 26.6. The summed E-state index contributed by atoms with van der Waals surface area (Å²) in [5, 5.41) is 16.0. The highest BCUT2D eigenvalue weighted by Gasteiger charge is 2.11. The van der Waals surface area contributed by atoms with E-state index in [4.69, 9.17) is 0 Å². The molecule has 4 N–H and O–H groups in total. The maximum Gasteiger partial charge on any atom is 0.323 e. The van der Waals surface area contributed by atoms with Crippen LogP contribution in [0.3, 0.4) is 0 Å². The van der Waals surface area contributed by atoms with E-state index >= 15 is 0 Å². The highest BCUT2D eigenvalue weighted by atomic mass is 16.2. The first-order valence-corrected chi connectivity index (χ1v) is 13.8. The van der Waals surface area contributed by atoms with Crippen LogP contribution in [0.25, 0.3) is 32.7 Å². The fourth-order valence-corrected chi connectivity index (χ4v) is 5.19. The molecule has 0 saturated heterocycles. The lowest BCUT2D eigenvalue weighted by Crippen LogP contribution is -2.20. The molecule has 4 amide bonds. The van der Waals surface area contributed by atoms with Gasteiger partial charge in [-0.2, -0.15) is 0 Å². The molecule has 0 fully saturated rings. The average Bonchev–Trinajstić information content (AvgIpc) is 2.99. The predicted octanol–water partition coefficient (Wildman–Crippen LogP) is 9.56. The first-order valence-electron chi connectivity index (χ1n) is 13.8. The number of aryl methyl sites for hydroxylation is 2. The lowest BCUT2D eigenvalue weighted by Gasteiger charge is -2.14. The van der Waals surface area contributed by atoms with Crippen LogP contribution in [0.15, 0.2) is 121 Å². The standard InChI is InChI=1S/C36H30N4O2/c1-23-21-27(17-19-31(23)37-35(41)39-33-15-7-11-25-9-3-5-13-29(25)33)28-18-20-32(24(2)22-28)38-36(42)40-34-16-8-12-26-10-4-6-14-30(26)34/h3-22H,1-2H3,(H2,37,39,41)(H2,38,40,42). The van der Waals surface area contributed by atoms with Crippen molar-refractivity contribution < 1.29 is 9.59 Å².